The van der Waals surface area contributed by atoms with Crippen molar-refractivity contribution in [2.75, 3.05) is 13.2 Å². The summed E-state index contributed by atoms with van der Waals surface area (Å²) in [5.41, 5.74) is 0. The molecule has 0 N–H and O–H groups in total. The molecule has 0 heterocycles. The zero-order valence-corrected chi connectivity index (χ0v) is 8.29. The largest absolute Gasteiger partial charge is 0.411 e. The van der Waals surface area contributed by atoms with Crippen molar-refractivity contribution in [3.8, 4) is 0 Å². The minimum absolute atomic E-state index is 0.0858. The van der Waals surface area contributed by atoms with Gasteiger partial charge in [0.1, 0.15) is 6.61 Å². The Labute approximate surface area is 81.2 Å². The standard InChI is InChI=1S/C8H14ClF3O/c1-7(9)4-2-3-5-13-6-8(10,11)12/h7H,2-6H2,1H3. The van der Waals surface area contributed by atoms with E-state index in [4.69, 9.17) is 11.6 Å². The van der Waals surface area contributed by atoms with E-state index in [1.54, 1.807) is 0 Å². The first kappa shape index (κ1) is 13.0. The van der Waals surface area contributed by atoms with Crippen molar-refractivity contribution in [1.82, 2.24) is 0 Å². The molecule has 0 radical (unpaired) electrons. The number of ether oxygens (including phenoxy) is 1. The third-order valence-electron chi connectivity index (χ3n) is 1.41. The molecule has 0 aliphatic carbocycles. The van der Waals surface area contributed by atoms with Crippen LogP contribution in [0.5, 0.6) is 0 Å². The zero-order chi connectivity index (χ0) is 10.3. The molecule has 13 heavy (non-hydrogen) atoms. The lowest BCUT2D eigenvalue weighted by Crippen LogP contribution is -2.17. The van der Waals surface area contributed by atoms with E-state index in [2.05, 4.69) is 4.74 Å². The summed E-state index contributed by atoms with van der Waals surface area (Å²) in [5, 5.41) is 0.0858. The van der Waals surface area contributed by atoms with Crippen LogP contribution in [0.25, 0.3) is 0 Å². The number of rotatable bonds is 6. The van der Waals surface area contributed by atoms with Crippen molar-refractivity contribution in [3.63, 3.8) is 0 Å². The lowest BCUT2D eigenvalue weighted by molar-refractivity contribution is -0.174. The van der Waals surface area contributed by atoms with Gasteiger partial charge in [-0.3, -0.25) is 0 Å². The Bertz CT molecular complexity index is 125. The molecule has 1 atom stereocenters. The molecule has 1 unspecified atom stereocenters. The number of halogens is 4. The van der Waals surface area contributed by atoms with Crippen molar-refractivity contribution < 1.29 is 17.9 Å². The van der Waals surface area contributed by atoms with Gasteiger partial charge in [0, 0.05) is 12.0 Å². The second-order valence-electron chi connectivity index (χ2n) is 2.94. The van der Waals surface area contributed by atoms with Gasteiger partial charge in [-0.2, -0.15) is 13.2 Å². The predicted molar refractivity (Wildman–Crippen MR) is 46.0 cm³/mol. The first-order valence-corrected chi connectivity index (χ1v) is 4.64. The van der Waals surface area contributed by atoms with E-state index < -0.39 is 12.8 Å². The first-order valence-electron chi connectivity index (χ1n) is 4.20. The first-order chi connectivity index (χ1) is 5.92. The van der Waals surface area contributed by atoms with Crippen LogP contribution >= 0.6 is 11.6 Å². The Morgan fingerprint density at radius 2 is 1.92 bits per heavy atom. The Kier molecular flexibility index (Phi) is 6.51. The van der Waals surface area contributed by atoms with E-state index in [-0.39, 0.29) is 12.0 Å². The summed E-state index contributed by atoms with van der Waals surface area (Å²) in [5.74, 6) is 0. The smallest absolute Gasteiger partial charge is 0.372 e. The van der Waals surface area contributed by atoms with Crippen LogP contribution in [0.3, 0.4) is 0 Å². The fourth-order valence-corrected chi connectivity index (χ4v) is 0.972. The summed E-state index contributed by atoms with van der Waals surface area (Å²) in [6.45, 7) is 0.866. The van der Waals surface area contributed by atoms with Gasteiger partial charge in [0.25, 0.3) is 0 Å². The quantitative estimate of drug-likeness (QED) is 0.491. The highest BCUT2D eigenvalue weighted by Gasteiger charge is 2.27. The van der Waals surface area contributed by atoms with Crippen molar-refractivity contribution in [2.45, 2.75) is 37.7 Å². The lowest BCUT2D eigenvalue weighted by Gasteiger charge is -2.07. The normalized spacial score (nSPS) is 14.5. The molecule has 0 aromatic carbocycles. The van der Waals surface area contributed by atoms with Gasteiger partial charge in [0.15, 0.2) is 0 Å². The van der Waals surface area contributed by atoms with Crippen LogP contribution in [-0.2, 0) is 4.74 Å². The average Bonchev–Trinajstić information content (AvgIpc) is 1.93. The molecule has 1 nitrogen and oxygen atoms in total. The van der Waals surface area contributed by atoms with E-state index in [0.29, 0.717) is 6.42 Å². The fourth-order valence-electron chi connectivity index (χ4n) is 0.818. The Morgan fingerprint density at radius 1 is 1.31 bits per heavy atom. The molecule has 0 rings (SSSR count). The maximum Gasteiger partial charge on any atom is 0.411 e. The minimum Gasteiger partial charge on any atom is -0.372 e. The molecule has 0 saturated heterocycles. The highest BCUT2D eigenvalue weighted by Crippen LogP contribution is 2.14. The van der Waals surface area contributed by atoms with Crippen molar-refractivity contribution in [1.29, 1.82) is 0 Å². The topological polar surface area (TPSA) is 9.23 Å². The maximum atomic E-state index is 11.5. The molecule has 0 aromatic rings. The molecule has 80 valence electrons. The van der Waals surface area contributed by atoms with E-state index in [0.717, 1.165) is 12.8 Å². The van der Waals surface area contributed by atoms with Crippen molar-refractivity contribution in [2.24, 2.45) is 0 Å². The Balaban J connectivity index is 3.09. The van der Waals surface area contributed by atoms with Crippen LogP contribution in [-0.4, -0.2) is 24.8 Å². The summed E-state index contributed by atoms with van der Waals surface area (Å²) < 4.78 is 39.1. The molecule has 0 amide bonds. The Morgan fingerprint density at radius 3 is 2.38 bits per heavy atom. The third kappa shape index (κ3) is 12.0. The van der Waals surface area contributed by atoms with Crippen LogP contribution in [0.15, 0.2) is 0 Å². The maximum absolute atomic E-state index is 11.5. The Hall–Kier alpha value is 0.0400. The lowest BCUT2D eigenvalue weighted by atomic mass is 10.2. The van der Waals surface area contributed by atoms with Gasteiger partial charge in [-0.25, -0.2) is 0 Å². The molecule has 0 aliphatic heterocycles. The molecule has 0 bridgehead atoms. The van der Waals surface area contributed by atoms with Crippen LogP contribution in [0, 0.1) is 0 Å². The summed E-state index contributed by atoms with van der Waals surface area (Å²) >= 11 is 5.64. The third-order valence-corrected chi connectivity index (χ3v) is 1.62. The van der Waals surface area contributed by atoms with Crippen LogP contribution < -0.4 is 0 Å². The monoisotopic (exact) mass is 218 g/mol. The highest BCUT2D eigenvalue weighted by molar-refractivity contribution is 6.20. The summed E-state index contributed by atoms with van der Waals surface area (Å²) in [6.07, 6.45) is -1.95. The van der Waals surface area contributed by atoms with Crippen molar-refractivity contribution in [3.05, 3.63) is 0 Å². The number of alkyl halides is 4. The molecule has 0 aromatic heterocycles. The van der Waals surface area contributed by atoms with Gasteiger partial charge >= 0.3 is 6.18 Å². The SMILES string of the molecule is CC(Cl)CCCCOCC(F)(F)F. The predicted octanol–water partition coefficient (Wildman–Crippen LogP) is 3.36. The molecular weight excluding hydrogens is 205 g/mol. The second kappa shape index (κ2) is 6.49. The van der Waals surface area contributed by atoms with Gasteiger partial charge < -0.3 is 4.74 Å². The molecule has 0 fully saturated rings. The number of unbranched alkanes of at least 4 members (excludes halogenated alkanes) is 1. The number of hydrogen-bond acceptors (Lipinski definition) is 1. The molecule has 0 spiro atoms. The highest BCUT2D eigenvalue weighted by atomic mass is 35.5. The van der Waals surface area contributed by atoms with Gasteiger partial charge in [-0.05, 0) is 26.2 Å². The summed E-state index contributed by atoms with van der Waals surface area (Å²) in [7, 11) is 0. The van der Waals surface area contributed by atoms with Crippen LogP contribution in [0.1, 0.15) is 26.2 Å². The van der Waals surface area contributed by atoms with Crippen LogP contribution in [0.2, 0.25) is 0 Å². The van der Waals surface area contributed by atoms with Gasteiger partial charge in [0.2, 0.25) is 0 Å². The van der Waals surface area contributed by atoms with E-state index in [9.17, 15) is 13.2 Å². The van der Waals surface area contributed by atoms with E-state index in [1.807, 2.05) is 6.92 Å². The second-order valence-corrected chi connectivity index (χ2v) is 3.69. The summed E-state index contributed by atoms with van der Waals surface area (Å²) in [6, 6.07) is 0. The van der Waals surface area contributed by atoms with Crippen molar-refractivity contribution >= 4 is 11.6 Å². The van der Waals surface area contributed by atoms with E-state index >= 15 is 0 Å². The minimum atomic E-state index is -4.21. The average molecular weight is 219 g/mol. The van der Waals surface area contributed by atoms with Gasteiger partial charge in [-0.15, -0.1) is 11.6 Å². The van der Waals surface area contributed by atoms with Crippen LogP contribution in [0.4, 0.5) is 13.2 Å². The molecular formula is C8H14ClF3O. The summed E-state index contributed by atoms with van der Waals surface area (Å²) in [4.78, 5) is 0. The van der Waals surface area contributed by atoms with E-state index in [1.165, 1.54) is 0 Å². The zero-order valence-electron chi connectivity index (χ0n) is 7.53. The molecule has 0 aliphatic rings. The van der Waals surface area contributed by atoms with Gasteiger partial charge in [0.05, 0.1) is 0 Å². The fraction of sp³-hybridized carbons (Fsp3) is 1.00. The number of hydrogen-bond donors (Lipinski definition) is 0. The van der Waals surface area contributed by atoms with Gasteiger partial charge in [-0.1, -0.05) is 0 Å². The molecule has 0 saturated carbocycles. The molecule has 5 heteroatoms.